The molecule has 1 N–H and O–H groups in total. The maximum absolute atomic E-state index is 12.5. The van der Waals surface area contributed by atoms with E-state index >= 15 is 0 Å². The molecule has 0 aliphatic heterocycles. The summed E-state index contributed by atoms with van der Waals surface area (Å²) in [4.78, 5) is 22.2. The van der Waals surface area contributed by atoms with Gasteiger partial charge >= 0.3 is 17.2 Å². The third-order valence-corrected chi connectivity index (χ3v) is 5.08. The van der Waals surface area contributed by atoms with Gasteiger partial charge < -0.3 is 19.3 Å². The number of aliphatic hydroxyl groups is 1. The molecule has 9 heteroatoms. The van der Waals surface area contributed by atoms with E-state index in [0.29, 0.717) is 18.3 Å². The largest absolute Gasteiger partial charge is 0.461 e. The first kappa shape index (κ1) is 21.4. The summed E-state index contributed by atoms with van der Waals surface area (Å²) in [5.74, 6) is -1.67. The molecule has 0 aromatic carbocycles. The van der Waals surface area contributed by atoms with Crippen LogP contribution in [0.4, 0.5) is 8.78 Å². The number of hydrogen-bond donors (Lipinski definition) is 2. The van der Waals surface area contributed by atoms with Crippen molar-refractivity contribution in [1.29, 1.82) is 0 Å². The molecule has 3 rings (SSSR count). The minimum Gasteiger partial charge on any atom is -0.461 e. The zero-order chi connectivity index (χ0) is 19.6. The first-order valence-electron chi connectivity index (χ1n) is 8.68. The lowest BCUT2D eigenvalue weighted by molar-refractivity contribution is -0.171. The van der Waals surface area contributed by atoms with Gasteiger partial charge in [0.15, 0.2) is 6.61 Å². The highest BCUT2D eigenvalue weighted by Gasteiger charge is 2.45. The Labute approximate surface area is 157 Å². The molecule has 0 radical (unpaired) electrons. The highest BCUT2D eigenvalue weighted by Crippen LogP contribution is 2.49. The van der Waals surface area contributed by atoms with Crippen LogP contribution in [0.1, 0.15) is 46.0 Å². The molecule has 0 amide bonds. The van der Waals surface area contributed by atoms with E-state index in [1.807, 2.05) is 13.8 Å². The number of fused-ring (bicyclic) bond motifs is 4. The molecular weight excluding hydrogens is 370 g/mol. The molecule has 3 aliphatic carbocycles. The Morgan fingerprint density at radius 1 is 1.15 bits per heavy atom. The fourth-order valence-electron chi connectivity index (χ4n) is 4.20. The van der Waals surface area contributed by atoms with Crippen LogP contribution in [0.25, 0.3) is 0 Å². The molecule has 3 aliphatic rings. The van der Waals surface area contributed by atoms with Crippen molar-refractivity contribution in [2.24, 2.45) is 11.8 Å². The van der Waals surface area contributed by atoms with Crippen LogP contribution in [0, 0.1) is 11.8 Å². The van der Waals surface area contributed by atoms with E-state index in [-0.39, 0.29) is 13.2 Å². The van der Waals surface area contributed by atoms with Crippen molar-refractivity contribution in [2.45, 2.75) is 62.4 Å². The van der Waals surface area contributed by atoms with Crippen molar-refractivity contribution in [1.82, 2.24) is 0 Å². The van der Waals surface area contributed by atoms with Crippen molar-refractivity contribution in [3.63, 3.8) is 0 Å². The second-order valence-corrected chi connectivity index (χ2v) is 8.48. The molecule has 150 valence electrons. The van der Waals surface area contributed by atoms with Gasteiger partial charge in [-0.3, -0.25) is 0 Å². The van der Waals surface area contributed by atoms with Crippen LogP contribution in [0.2, 0.25) is 0 Å². The smallest absolute Gasteiger partial charge is 0.388 e. The number of carbonyl (C=O) groups is 2. The van der Waals surface area contributed by atoms with Crippen LogP contribution in [-0.2, 0) is 23.8 Å². The van der Waals surface area contributed by atoms with Crippen LogP contribution < -0.4 is 0 Å². The maximum atomic E-state index is 12.5. The van der Waals surface area contributed by atoms with E-state index in [9.17, 15) is 23.5 Å². The predicted molar refractivity (Wildman–Crippen MR) is 90.9 cm³/mol. The lowest BCUT2D eigenvalue weighted by atomic mass is 9.62. The van der Waals surface area contributed by atoms with E-state index in [1.54, 1.807) is 0 Å². The Hall–Kier alpha value is -0.930. The number of alkyl halides is 2. The lowest BCUT2D eigenvalue weighted by Gasteiger charge is -2.49. The Bertz CT molecular complexity index is 530. The van der Waals surface area contributed by atoms with Crippen LogP contribution >= 0.6 is 12.6 Å². The highest BCUT2D eigenvalue weighted by molar-refractivity contribution is 7.82. The van der Waals surface area contributed by atoms with Gasteiger partial charge in [-0.2, -0.15) is 8.78 Å². The highest BCUT2D eigenvalue weighted by atomic mass is 32.1. The minimum absolute atomic E-state index is 0.0985. The average molecular weight is 396 g/mol. The zero-order valence-corrected chi connectivity index (χ0v) is 15.9. The summed E-state index contributed by atoms with van der Waals surface area (Å²) in [6.45, 7) is 2.85. The fraction of sp³-hybridized carbons (Fsp3) is 0.882. The van der Waals surface area contributed by atoms with Crippen molar-refractivity contribution in [2.75, 3.05) is 19.8 Å². The number of ether oxygens (including phenoxy) is 3. The topological polar surface area (TPSA) is 82.1 Å². The van der Waals surface area contributed by atoms with Crippen molar-refractivity contribution < 1.29 is 37.7 Å². The normalized spacial score (nSPS) is 34.2. The predicted octanol–water partition coefficient (Wildman–Crippen LogP) is 2.33. The van der Waals surface area contributed by atoms with Gasteiger partial charge in [0.25, 0.3) is 0 Å². The number of hydrogen-bond acceptors (Lipinski definition) is 7. The van der Waals surface area contributed by atoms with Gasteiger partial charge in [0.05, 0.1) is 17.8 Å². The molecule has 6 nitrogen and oxygen atoms in total. The minimum atomic E-state index is -3.95. The molecule has 0 heterocycles. The number of carbonyl (C=O) groups excluding carboxylic acids is 2. The number of thiol groups is 1. The quantitative estimate of drug-likeness (QED) is 0.391. The monoisotopic (exact) mass is 396 g/mol. The average Bonchev–Trinajstić information content (AvgIpc) is 2.43. The molecule has 0 aromatic heterocycles. The van der Waals surface area contributed by atoms with Crippen molar-refractivity contribution >= 4 is 24.6 Å². The molecule has 0 saturated heterocycles. The van der Waals surface area contributed by atoms with Gasteiger partial charge in [-0.1, -0.05) is 12.6 Å². The van der Waals surface area contributed by atoms with Gasteiger partial charge in [0, 0.05) is 6.42 Å². The van der Waals surface area contributed by atoms with Crippen LogP contribution in [0.15, 0.2) is 0 Å². The lowest BCUT2D eigenvalue weighted by Crippen LogP contribution is -2.48. The molecule has 3 fully saturated rings. The summed E-state index contributed by atoms with van der Waals surface area (Å²) < 4.78 is 39.8. The van der Waals surface area contributed by atoms with Gasteiger partial charge in [0.2, 0.25) is 0 Å². The second kappa shape index (κ2) is 7.98. The van der Waals surface area contributed by atoms with E-state index in [4.69, 9.17) is 9.47 Å². The molecule has 2 bridgehead atoms. The van der Waals surface area contributed by atoms with E-state index in [2.05, 4.69) is 17.4 Å². The third kappa shape index (κ3) is 6.35. The second-order valence-electron chi connectivity index (χ2n) is 7.92. The number of halogens is 2. The van der Waals surface area contributed by atoms with E-state index < -0.39 is 35.0 Å². The first-order valence-corrected chi connectivity index (χ1v) is 9.13. The summed E-state index contributed by atoms with van der Waals surface area (Å²) in [6.07, 6.45) is 4.30. The summed E-state index contributed by atoms with van der Waals surface area (Å²) in [7, 11) is 0. The van der Waals surface area contributed by atoms with Crippen LogP contribution in [-0.4, -0.2) is 53.3 Å². The SMILES string of the molecule is CC1(O)CC2CC(C2)CC(C)(OCCOC(=O)COC(=O)C(F)(F)S)C1. The third-order valence-electron chi connectivity index (χ3n) is 4.90. The summed E-state index contributed by atoms with van der Waals surface area (Å²) in [6, 6.07) is 0. The number of esters is 2. The van der Waals surface area contributed by atoms with E-state index in [1.165, 1.54) is 0 Å². The molecule has 2 unspecified atom stereocenters. The molecule has 0 aromatic rings. The molecule has 26 heavy (non-hydrogen) atoms. The Balaban J connectivity index is 1.71. The zero-order valence-electron chi connectivity index (χ0n) is 15.0. The van der Waals surface area contributed by atoms with Crippen molar-refractivity contribution in [3.05, 3.63) is 0 Å². The Kier molecular flexibility index (Phi) is 6.56. The molecule has 2 atom stereocenters. The van der Waals surface area contributed by atoms with E-state index in [0.717, 1.165) is 25.7 Å². The standard InChI is InChI=1S/C17H26F2O6S/c1-15(22)7-11-5-12(6-11)8-16(2,10-15)25-4-3-23-13(20)9-24-14(21)17(18,19)26/h11-12,22,26H,3-10H2,1-2H3. The van der Waals surface area contributed by atoms with Crippen LogP contribution in [0.5, 0.6) is 0 Å². The maximum Gasteiger partial charge on any atom is 0.388 e. The molecule has 3 saturated carbocycles. The first-order chi connectivity index (χ1) is 11.9. The fourth-order valence-corrected chi connectivity index (χ4v) is 4.26. The van der Waals surface area contributed by atoms with Gasteiger partial charge in [0.1, 0.15) is 6.61 Å². The molecule has 0 spiro atoms. The van der Waals surface area contributed by atoms with Gasteiger partial charge in [-0.05, 0) is 51.4 Å². The molecular formula is C17H26F2O6S. The Morgan fingerprint density at radius 3 is 2.38 bits per heavy atom. The number of rotatable bonds is 7. The van der Waals surface area contributed by atoms with Crippen molar-refractivity contribution in [3.8, 4) is 0 Å². The summed E-state index contributed by atoms with van der Waals surface area (Å²) in [5.41, 5.74) is -1.32. The van der Waals surface area contributed by atoms with Gasteiger partial charge in [-0.25, -0.2) is 9.59 Å². The van der Waals surface area contributed by atoms with Gasteiger partial charge in [-0.15, -0.1) is 0 Å². The summed E-state index contributed by atoms with van der Waals surface area (Å²) in [5, 5.41) is 6.61. The Morgan fingerprint density at radius 2 is 1.77 bits per heavy atom. The van der Waals surface area contributed by atoms with Crippen LogP contribution in [0.3, 0.4) is 0 Å². The summed E-state index contributed by atoms with van der Waals surface area (Å²) >= 11 is 2.75.